The van der Waals surface area contributed by atoms with Crippen molar-refractivity contribution < 1.29 is 76.6 Å². The van der Waals surface area contributed by atoms with Gasteiger partial charge in [0.15, 0.2) is 0 Å². The number of nitrogens with one attached hydrogen (secondary N) is 5. The van der Waals surface area contributed by atoms with Gasteiger partial charge in [-0.1, -0.05) is 138 Å². The van der Waals surface area contributed by atoms with E-state index in [0.717, 1.165) is 60.8 Å². The normalized spacial score (nSPS) is 12.7. The number of carboxylic acids is 1. The molecule has 21 nitrogen and oxygen atoms in total. The number of ether oxygens (including phenoxy) is 7. The number of carbonyl (C=O) groups is 8. The van der Waals surface area contributed by atoms with E-state index in [9.17, 15) is 43.5 Å². The van der Waals surface area contributed by atoms with E-state index in [2.05, 4.69) is 26.6 Å². The Bertz CT molecular complexity index is 2290. The van der Waals surface area contributed by atoms with Crippen molar-refractivity contribution in [3.8, 4) is 11.1 Å². The van der Waals surface area contributed by atoms with Gasteiger partial charge in [-0.15, -0.1) is 0 Å². The number of alkyl carbamates (subject to hydrolysis) is 1. The van der Waals surface area contributed by atoms with Crippen LogP contribution in [0, 0.1) is 0 Å². The summed E-state index contributed by atoms with van der Waals surface area (Å²) in [6.45, 7) is 12.5. The number of hydrogen-bond acceptors (Lipinski definition) is 15. The summed E-state index contributed by atoms with van der Waals surface area (Å²) < 4.78 is 38.1. The van der Waals surface area contributed by atoms with E-state index in [0.29, 0.717) is 32.2 Å². The average Bonchev–Trinajstić information content (AvgIpc) is 1.69. The third-order valence-electron chi connectivity index (χ3n) is 14.2. The summed E-state index contributed by atoms with van der Waals surface area (Å²) in [5.41, 5.74) is 3.12. The Morgan fingerprint density at radius 2 is 0.897 bits per heavy atom. The van der Waals surface area contributed by atoms with Crippen LogP contribution in [0.3, 0.4) is 0 Å². The van der Waals surface area contributed by atoms with Crippen LogP contribution in [0.15, 0.2) is 48.5 Å². The lowest BCUT2D eigenvalue weighted by Gasteiger charge is -2.24. The molecule has 1 aliphatic rings. The van der Waals surface area contributed by atoms with Gasteiger partial charge in [0, 0.05) is 44.8 Å². The first-order valence-corrected chi connectivity index (χ1v) is 31.9. The largest absolute Gasteiger partial charge is 0.480 e. The minimum atomic E-state index is -1.18. The number of esters is 2. The lowest BCUT2D eigenvalue weighted by atomic mass is 9.98. The summed E-state index contributed by atoms with van der Waals surface area (Å²) in [7, 11) is 0. The molecule has 0 heterocycles. The van der Waals surface area contributed by atoms with Gasteiger partial charge in [-0.3, -0.25) is 24.0 Å². The smallest absolute Gasteiger partial charge is 0.407 e. The molecule has 0 fully saturated rings. The maximum absolute atomic E-state index is 13.0. The molecule has 2 aromatic carbocycles. The fraction of sp³-hybridized carbons (Fsp3) is 0.697. The quantitative estimate of drug-likeness (QED) is 0.0204. The van der Waals surface area contributed by atoms with Crippen molar-refractivity contribution in [3.63, 3.8) is 0 Å². The minimum absolute atomic E-state index is 0.000480. The van der Waals surface area contributed by atoms with Crippen molar-refractivity contribution in [2.45, 2.75) is 218 Å². The first kappa shape index (κ1) is 75.1. The Hall–Kier alpha value is -6.16. The molecule has 3 rings (SSSR count). The van der Waals surface area contributed by atoms with E-state index in [1.54, 1.807) is 20.8 Å². The third kappa shape index (κ3) is 36.7. The number of benzene rings is 2. The van der Waals surface area contributed by atoms with E-state index in [4.69, 9.17) is 33.2 Å². The predicted molar refractivity (Wildman–Crippen MR) is 332 cm³/mol. The van der Waals surface area contributed by atoms with Crippen LogP contribution >= 0.6 is 0 Å². The Labute approximate surface area is 517 Å². The second-order valence-electron chi connectivity index (χ2n) is 24.2. The maximum Gasteiger partial charge on any atom is 0.407 e. The predicted octanol–water partition coefficient (Wildman–Crippen LogP) is 9.53. The fourth-order valence-electron chi connectivity index (χ4n) is 9.81. The zero-order valence-electron chi connectivity index (χ0n) is 53.2. The molecule has 87 heavy (non-hydrogen) atoms. The van der Waals surface area contributed by atoms with Gasteiger partial charge < -0.3 is 64.8 Å². The molecular weight excluding hydrogens is 1120 g/mol. The summed E-state index contributed by atoms with van der Waals surface area (Å²) in [4.78, 5) is 99.1. The number of carboxylic acid groups (broad SMARTS) is 1. The monoisotopic (exact) mass is 1220 g/mol. The van der Waals surface area contributed by atoms with E-state index in [-0.39, 0.29) is 127 Å². The van der Waals surface area contributed by atoms with E-state index in [1.165, 1.54) is 64.2 Å². The van der Waals surface area contributed by atoms with Gasteiger partial charge in [-0.2, -0.15) is 0 Å². The number of rotatable bonds is 49. The standard InChI is InChI=1S/C66H105N5O16/c1-65(2,3)86-61(76)35-22-20-18-16-14-12-10-8-7-9-11-13-15-17-19-21-34-58(73)70-56(63(79)87-66(4,5)6)36-37-57(72)68-39-41-81-43-46-84-49-60(75)69-40-42-82-44-45-83-48-59(74)67-38-28-27-33-55(62(77)78)71-64(80)85-47-54-52-31-25-23-29-50(52)51-30-24-26-32-53(51)54/h23-26,29-32,54-56H,7-22,27-28,33-49H2,1-6H3,(H,67,74)(H,68,72)(H,69,75)(H,70,73)(H,71,80)(H,77,78)/t55-,56-/m0/s1. The van der Waals surface area contributed by atoms with Gasteiger partial charge in [0.2, 0.25) is 23.6 Å². The van der Waals surface area contributed by atoms with Crippen molar-refractivity contribution in [1.29, 1.82) is 0 Å². The fourth-order valence-corrected chi connectivity index (χ4v) is 9.81. The molecule has 490 valence electrons. The number of aliphatic carboxylic acids is 1. The molecule has 21 heteroatoms. The summed E-state index contributed by atoms with van der Waals surface area (Å²) in [5, 5.41) is 23.1. The van der Waals surface area contributed by atoms with E-state index in [1.807, 2.05) is 69.3 Å². The Morgan fingerprint density at radius 3 is 1.39 bits per heavy atom. The summed E-state index contributed by atoms with van der Waals surface area (Å²) >= 11 is 0. The summed E-state index contributed by atoms with van der Waals surface area (Å²) in [6.07, 6.45) is 19.5. The van der Waals surface area contributed by atoms with E-state index < -0.39 is 41.3 Å². The lowest BCUT2D eigenvalue weighted by molar-refractivity contribution is -0.159. The van der Waals surface area contributed by atoms with Crippen molar-refractivity contribution in [3.05, 3.63) is 59.7 Å². The first-order valence-electron chi connectivity index (χ1n) is 31.9. The zero-order chi connectivity index (χ0) is 63.6. The Morgan fingerprint density at radius 1 is 0.448 bits per heavy atom. The molecule has 0 saturated carbocycles. The molecule has 0 spiro atoms. The molecule has 0 bridgehead atoms. The highest BCUT2D eigenvalue weighted by Crippen LogP contribution is 2.44. The summed E-state index contributed by atoms with van der Waals surface area (Å²) in [6, 6.07) is 13.8. The van der Waals surface area contributed by atoms with Crippen molar-refractivity contribution >= 4 is 47.6 Å². The number of amides is 5. The molecule has 5 amide bonds. The average molecular weight is 1220 g/mol. The van der Waals surface area contributed by atoms with Gasteiger partial charge in [0.1, 0.15) is 43.1 Å². The molecule has 0 radical (unpaired) electrons. The van der Waals surface area contributed by atoms with Gasteiger partial charge in [0.25, 0.3) is 0 Å². The second kappa shape index (κ2) is 44.3. The molecule has 2 atom stereocenters. The van der Waals surface area contributed by atoms with Crippen LogP contribution in [-0.4, -0.2) is 155 Å². The van der Waals surface area contributed by atoms with Crippen LogP contribution < -0.4 is 26.6 Å². The molecule has 0 aromatic heterocycles. The highest BCUT2D eigenvalue weighted by atomic mass is 16.6. The van der Waals surface area contributed by atoms with Crippen molar-refractivity contribution in [2.24, 2.45) is 0 Å². The topological polar surface area (TPSA) is 282 Å². The van der Waals surface area contributed by atoms with Gasteiger partial charge in [-0.25, -0.2) is 14.4 Å². The summed E-state index contributed by atoms with van der Waals surface area (Å²) in [5.74, 6) is -3.22. The maximum atomic E-state index is 13.0. The van der Waals surface area contributed by atoms with Crippen LogP contribution in [-0.2, 0) is 66.7 Å². The van der Waals surface area contributed by atoms with Crippen LogP contribution in [0.2, 0.25) is 0 Å². The molecule has 2 aromatic rings. The first-order chi connectivity index (χ1) is 41.7. The number of fused-ring (bicyclic) bond motifs is 3. The van der Waals surface area contributed by atoms with Gasteiger partial charge >= 0.3 is 24.0 Å². The molecule has 1 aliphatic carbocycles. The lowest BCUT2D eigenvalue weighted by Crippen LogP contribution is -2.44. The van der Waals surface area contributed by atoms with Gasteiger partial charge in [0.05, 0.1) is 39.6 Å². The highest BCUT2D eigenvalue weighted by Gasteiger charge is 2.31. The minimum Gasteiger partial charge on any atom is -0.480 e. The number of carbonyl (C=O) groups excluding carboxylic acids is 7. The molecular formula is C66H105N5O16. The van der Waals surface area contributed by atoms with E-state index >= 15 is 0 Å². The van der Waals surface area contributed by atoms with Crippen molar-refractivity contribution in [1.82, 2.24) is 26.6 Å². The second-order valence-corrected chi connectivity index (χ2v) is 24.2. The number of hydrogen-bond donors (Lipinski definition) is 6. The molecule has 0 unspecified atom stereocenters. The van der Waals surface area contributed by atoms with Crippen molar-refractivity contribution in [2.75, 3.05) is 79.1 Å². The van der Waals surface area contributed by atoms with Crippen LogP contribution in [0.4, 0.5) is 4.79 Å². The van der Waals surface area contributed by atoms with Gasteiger partial charge in [-0.05, 0) is 102 Å². The molecule has 0 aliphatic heterocycles. The number of unbranched alkanes of at least 4 members (excludes halogenated alkanes) is 16. The molecule has 6 N–H and O–H groups in total. The van der Waals surface area contributed by atoms with Crippen LogP contribution in [0.1, 0.15) is 206 Å². The Balaban J connectivity index is 1.09. The SMILES string of the molecule is CC(C)(C)OC(=O)CCCCCCCCCCCCCCCCCCC(=O)N[C@@H](CCC(=O)NCCOCCOCC(=O)NCCOCCOCC(=O)NCCCC[C@H](NC(=O)OCC1c2ccccc2-c2ccccc21)C(=O)O)C(=O)OC(C)(C)C. The Kier molecular flexibility index (Phi) is 38.2. The third-order valence-corrected chi connectivity index (χ3v) is 14.2. The van der Waals surface area contributed by atoms with Crippen LogP contribution in [0.25, 0.3) is 11.1 Å². The highest BCUT2D eigenvalue weighted by molar-refractivity contribution is 5.86. The zero-order valence-corrected chi connectivity index (χ0v) is 53.2. The van der Waals surface area contributed by atoms with Crippen LogP contribution in [0.5, 0.6) is 0 Å². The molecule has 0 saturated heterocycles.